The highest BCUT2D eigenvalue weighted by atomic mass is 32.2. The van der Waals surface area contributed by atoms with Crippen molar-refractivity contribution in [3.63, 3.8) is 0 Å². The molecule has 1 fully saturated rings. The summed E-state index contributed by atoms with van der Waals surface area (Å²) in [5.74, 6) is -0.165. The van der Waals surface area contributed by atoms with Crippen LogP contribution in [0.4, 0.5) is 5.69 Å². The van der Waals surface area contributed by atoms with Crippen molar-refractivity contribution in [3.05, 3.63) is 59.0 Å². The summed E-state index contributed by atoms with van der Waals surface area (Å²) in [7, 11) is 0. The highest BCUT2D eigenvalue weighted by Gasteiger charge is 2.34. The normalized spacial score (nSPS) is 16.5. The van der Waals surface area contributed by atoms with E-state index >= 15 is 0 Å². The molecule has 0 spiro atoms. The third-order valence-corrected chi connectivity index (χ3v) is 4.39. The highest BCUT2D eigenvalue weighted by molar-refractivity contribution is 8.27. The maximum atomic E-state index is 12.5. The fourth-order valence-electron chi connectivity index (χ4n) is 2.09. The van der Waals surface area contributed by atoms with Gasteiger partial charge in [-0.1, -0.05) is 48.2 Å². The summed E-state index contributed by atoms with van der Waals surface area (Å²) in [6.07, 6.45) is 1.67. The first kappa shape index (κ1) is 14.6. The monoisotopic (exact) mass is 329 g/mol. The Morgan fingerprint density at radius 1 is 1.09 bits per heavy atom. The molecule has 1 saturated heterocycles. The predicted molar refractivity (Wildman–Crippen MR) is 91.9 cm³/mol. The van der Waals surface area contributed by atoms with Gasteiger partial charge < -0.3 is 10.2 Å². The van der Waals surface area contributed by atoms with Crippen LogP contribution in [0, 0.1) is 0 Å². The molecule has 2 aromatic rings. The van der Waals surface area contributed by atoms with E-state index in [9.17, 15) is 15.0 Å². The Labute approximate surface area is 136 Å². The number of thiocarbonyl (C=S) groups is 1. The molecule has 0 aliphatic carbocycles. The summed E-state index contributed by atoms with van der Waals surface area (Å²) in [4.78, 5) is 14.3. The summed E-state index contributed by atoms with van der Waals surface area (Å²) >= 11 is 6.41. The van der Waals surface area contributed by atoms with E-state index in [4.69, 9.17) is 12.2 Å². The number of carbonyl (C=O) groups is 1. The third kappa shape index (κ3) is 2.70. The topological polar surface area (TPSA) is 60.8 Å². The molecular formula is C16H11NO3S2. The molecule has 1 amide bonds. The standard InChI is InChI=1S/C16H11NO3S2/c18-11-5-3-4-10(8-11)9-14-15(20)17(16(21)22-14)12-6-1-2-7-13(12)19/h1-9,18-19H/b14-9+. The van der Waals surface area contributed by atoms with Gasteiger partial charge in [0.25, 0.3) is 5.91 Å². The molecule has 22 heavy (non-hydrogen) atoms. The molecule has 0 radical (unpaired) electrons. The molecule has 110 valence electrons. The number of benzene rings is 2. The predicted octanol–water partition coefficient (Wildman–Crippen LogP) is 3.50. The van der Waals surface area contributed by atoms with Gasteiger partial charge in [0.05, 0.1) is 10.6 Å². The summed E-state index contributed by atoms with van der Waals surface area (Å²) < 4.78 is 0.359. The number of aromatic hydroxyl groups is 2. The van der Waals surface area contributed by atoms with Gasteiger partial charge in [-0.15, -0.1) is 0 Å². The van der Waals surface area contributed by atoms with Gasteiger partial charge in [0, 0.05) is 0 Å². The number of para-hydroxylation sites is 2. The van der Waals surface area contributed by atoms with Gasteiger partial charge in [-0.3, -0.25) is 9.69 Å². The molecule has 4 nitrogen and oxygen atoms in total. The van der Waals surface area contributed by atoms with E-state index in [1.54, 1.807) is 48.5 Å². The minimum absolute atomic E-state index is 0.00240. The summed E-state index contributed by atoms with van der Waals surface area (Å²) in [5.41, 5.74) is 1.07. The van der Waals surface area contributed by atoms with Crippen LogP contribution in [0.3, 0.4) is 0 Å². The van der Waals surface area contributed by atoms with Gasteiger partial charge in [-0.2, -0.15) is 0 Å². The molecule has 3 rings (SSSR count). The van der Waals surface area contributed by atoms with E-state index in [0.29, 0.717) is 20.5 Å². The lowest BCUT2D eigenvalue weighted by Crippen LogP contribution is -2.27. The number of rotatable bonds is 2. The van der Waals surface area contributed by atoms with Crippen molar-refractivity contribution in [2.24, 2.45) is 0 Å². The first-order valence-corrected chi connectivity index (χ1v) is 7.64. The number of nitrogens with zero attached hydrogens (tertiary/aromatic N) is 1. The van der Waals surface area contributed by atoms with E-state index in [1.807, 2.05) is 0 Å². The lowest BCUT2D eigenvalue weighted by atomic mass is 10.2. The average Bonchev–Trinajstić information content (AvgIpc) is 2.74. The number of anilines is 1. The minimum Gasteiger partial charge on any atom is -0.508 e. The second kappa shape index (κ2) is 5.82. The molecule has 0 saturated carbocycles. The molecule has 2 aromatic carbocycles. The molecule has 0 unspecified atom stereocenters. The summed E-state index contributed by atoms with van der Waals surface area (Å²) in [5, 5.41) is 19.4. The van der Waals surface area contributed by atoms with Crippen LogP contribution in [0.1, 0.15) is 5.56 Å². The van der Waals surface area contributed by atoms with Gasteiger partial charge in [-0.25, -0.2) is 0 Å². The lowest BCUT2D eigenvalue weighted by molar-refractivity contribution is -0.113. The maximum Gasteiger partial charge on any atom is 0.270 e. The van der Waals surface area contributed by atoms with E-state index in [0.717, 1.165) is 11.8 Å². The Hall–Kier alpha value is -2.31. The van der Waals surface area contributed by atoms with Crippen LogP contribution >= 0.6 is 24.0 Å². The van der Waals surface area contributed by atoms with Gasteiger partial charge >= 0.3 is 0 Å². The first-order chi connectivity index (χ1) is 10.6. The van der Waals surface area contributed by atoms with Crippen LogP contribution in [0.2, 0.25) is 0 Å². The maximum absolute atomic E-state index is 12.5. The zero-order valence-corrected chi connectivity index (χ0v) is 12.9. The van der Waals surface area contributed by atoms with E-state index in [2.05, 4.69) is 0 Å². The Balaban J connectivity index is 1.97. The highest BCUT2D eigenvalue weighted by Crippen LogP contribution is 2.39. The zero-order valence-electron chi connectivity index (χ0n) is 11.3. The lowest BCUT2D eigenvalue weighted by Gasteiger charge is -2.15. The summed E-state index contributed by atoms with van der Waals surface area (Å²) in [6.45, 7) is 0. The number of phenols is 2. The van der Waals surface area contributed by atoms with Gasteiger partial charge in [-0.05, 0) is 35.9 Å². The number of carbonyl (C=O) groups excluding carboxylic acids is 1. The van der Waals surface area contributed by atoms with E-state index in [-0.39, 0.29) is 17.4 Å². The largest absolute Gasteiger partial charge is 0.508 e. The van der Waals surface area contributed by atoms with Crippen LogP contribution < -0.4 is 4.90 Å². The second-order valence-electron chi connectivity index (χ2n) is 4.60. The van der Waals surface area contributed by atoms with Crippen molar-refractivity contribution in [1.82, 2.24) is 0 Å². The Morgan fingerprint density at radius 3 is 2.59 bits per heavy atom. The van der Waals surface area contributed by atoms with Crippen molar-refractivity contribution in [2.45, 2.75) is 0 Å². The van der Waals surface area contributed by atoms with Crippen LogP contribution in [-0.2, 0) is 4.79 Å². The van der Waals surface area contributed by atoms with Crippen molar-refractivity contribution in [2.75, 3.05) is 4.90 Å². The number of amides is 1. The zero-order chi connectivity index (χ0) is 15.7. The van der Waals surface area contributed by atoms with E-state index in [1.165, 1.54) is 11.0 Å². The first-order valence-electron chi connectivity index (χ1n) is 6.41. The van der Waals surface area contributed by atoms with E-state index < -0.39 is 0 Å². The molecule has 6 heteroatoms. The molecule has 1 aliphatic heterocycles. The third-order valence-electron chi connectivity index (χ3n) is 3.08. The number of thioether (sulfide) groups is 1. The molecule has 0 atom stereocenters. The fraction of sp³-hybridized carbons (Fsp3) is 0. The molecule has 0 bridgehead atoms. The van der Waals surface area contributed by atoms with Crippen molar-refractivity contribution < 1.29 is 15.0 Å². The fourth-order valence-corrected chi connectivity index (χ4v) is 3.38. The molecule has 2 N–H and O–H groups in total. The van der Waals surface area contributed by atoms with Crippen LogP contribution in [-0.4, -0.2) is 20.4 Å². The Bertz CT molecular complexity index is 801. The second-order valence-corrected chi connectivity index (χ2v) is 6.28. The smallest absolute Gasteiger partial charge is 0.270 e. The Morgan fingerprint density at radius 2 is 1.86 bits per heavy atom. The van der Waals surface area contributed by atoms with Gasteiger partial charge in [0.15, 0.2) is 4.32 Å². The van der Waals surface area contributed by atoms with Crippen LogP contribution in [0.15, 0.2) is 53.4 Å². The van der Waals surface area contributed by atoms with Gasteiger partial charge in [0.1, 0.15) is 11.5 Å². The van der Waals surface area contributed by atoms with Crippen molar-refractivity contribution in [1.29, 1.82) is 0 Å². The Kier molecular flexibility index (Phi) is 3.87. The van der Waals surface area contributed by atoms with Crippen LogP contribution in [0.25, 0.3) is 6.08 Å². The number of hydrogen-bond acceptors (Lipinski definition) is 5. The SMILES string of the molecule is O=C1/C(=C\c2cccc(O)c2)SC(=S)N1c1ccccc1O. The van der Waals surface area contributed by atoms with Crippen molar-refractivity contribution >= 4 is 46.0 Å². The van der Waals surface area contributed by atoms with Gasteiger partial charge in [0.2, 0.25) is 0 Å². The quantitative estimate of drug-likeness (QED) is 0.652. The van der Waals surface area contributed by atoms with Crippen LogP contribution in [0.5, 0.6) is 11.5 Å². The number of hydrogen-bond donors (Lipinski definition) is 2. The molecule has 0 aromatic heterocycles. The molecule has 1 aliphatic rings. The number of phenolic OH excluding ortho intramolecular Hbond substituents is 2. The molecular weight excluding hydrogens is 318 g/mol. The summed E-state index contributed by atoms with van der Waals surface area (Å²) in [6, 6.07) is 13.2. The molecule has 1 heterocycles. The average molecular weight is 329 g/mol. The minimum atomic E-state index is -0.292. The van der Waals surface area contributed by atoms with Crippen molar-refractivity contribution in [3.8, 4) is 11.5 Å².